The van der Waals surface area contributed by atoms with E-state index in [1.807, 2.05) is 18.2 Å². The lowest BCUT2D eigenvalue weighted by Crippen LogP contribution is -2.03. The van der Waals surface area contributed by atoms with E-state index in [1.54, 1.807) is 30.3 Å². The Bertz CT molecular complexity index is 564. The quantitative estimate of drug-likeness (QED) is 0.827. The average Bonchev–Trinajstić information content (AvgIpc) is 2.45. The third-order valence-corrected chi connectivity index (χ3v) is 2.72. The second kappa shape index (κ2) is 5.91. The monoisotopic (exact) mass is 257 g/mol. The summed E-state index contributed by atoms with van der Waals surface area (Å²) in [6, 6.07) is 14.1. The molecule has 0 aliphatic rings. The van der Waals surface area contributed by atoms with Gasteiger partial charge in [-0.15, -0.1) is 0 Å². The van der Waals surface area contributed by atoms with E-state index in [0.717, 1.165) is 11.3 Å². The van der Waals surface area contributed by atoms with Crippen LogP contribution in [-0.4, -0.2) is 18.2 Å². The molecule has 4 heteroatoms. The van der Waals surface area contributed by atoms with E-state index in [1.165, 1.54) is 7.11 Å². The predicted molar refractivity (Wildman–Crippen MR) is 73.2 cm³/mol. The molecule has 0 unspecified atom stereocenters. The molecule has 2 aromatic rings. The van der Waals surface area contributed by atoms with Gasteiger partial charge in [-0.05, 0) is 29.8 Å². The first-order valence-corrected chi connectivity index (χ1v) is 5.89. The van der Waals surface area contributed by atoms with Crippen molar-refractivity contribution in [1.82, 2.24) is 0 Å². The smallest absolute Gasteiger partial charge is 0.337 e. The molecule has 0 spiro atoms. The fourth-order valence-electron chi connectivity index (χ4n) is 1.70. The van der Waals surface area contributed by atoms with Crippen LogP contribution < -0.4 is 5.32 Å². The Hall–Kier alpha value is -2.49. The minimum atomic E-state index is -0.340. The van der Waals surface area contributed by atoms with E-state index in [4.69, 9.17) is 0 Å². The Morgan fingerprint density at radius 2 is 1.95 bits per heavy atom. The molecule has 0 aliphatic carbocycles. The van der Waals surface area contributed by atoms with Crippen LogP contribution in [0.25, 0.3) is 0 Å². The van der Waals surface area contributed by atoms with Gasteiger partial charge in [0.25, 0.3) is 0 Å². The molecule has 19 heavy (non-hydrogen) atoms. The van der Waals surface area contributed by atoms with Crippen molar-refractivity contribution in [3.05, 3.63) is 59.7 Å². The van der Waals surface area contributed by atoms with Crippen LogP contribution in [0.5, 0.6) is 5.75 Å². The van der Waals surface area contributed by atoms with Gasteiger partial charge in [-0.3, -0.25) is 0 Å². The van der Waals surface area contributed by atoms with Crippen molar-refractivity contribution in [3.63, 3.8) is 0 Å². The molecule has 2 aromatic carbocycles. The summed E-state index contributed by atoms with van der Waals surface area (Å²) in [5, 5.41) is 12.5. The molecule has 0 amide bonds. The summed E-state index contributed by atoms with van der Waals surface area (Å²) in [6.45, 7) is 0.616. The number of phenols is 1. The lowest BCUT2D eigenvalue weighted by atomic mass is 10.1. The van der Waals surface area contributed by atoms with Gasteiger partial charge in [0, 0.05) is 18.3 Å². The molecule has 0 saturated heterocycles. The van der Waals surface area contributed by atoms with Crippen molar-refractivity contribution in [2.24, 2.45) is 0 Å². The minimum Gasteiger partial charge on any atom is -0.508 e. The Labute approximate surface area is 111 Å². The zero-order valence-corrected chi connectivity index (χ0v) is 10.6. The number of hydrogen-bond donors (Lipinski definition) is 2. The van der Waals surface area contributed by atoms with Gasteiger partial charge in [0.05, 0.1) is 12.7 Å². The fourth-order valence-corrected chi connectivity index (χ4v) is 1.70. The van der Waals surface area contributed by atoms with Gasteiger partial charge in [-0.25, -0.2) is 4.79 Å². The maximum Gasteiger partial charge on any atom is 0.337 e. The van der Waals surface area contributed by atoms with E-state index in [9.17, 15) is 9.90 Å². The van der Waals surface area contributed by atoms with Crippen molar-refractivity contribution in [1.29, 1.82) is 0 Å². The standard InChI is InChI=1S/C15H15NO3/c1-19-15(18)12-7-5-11(6-8-12)10-16-13-3-2-4-14(17)9-13/h2-9,16-17H,10H2,1H3. The van der Waals surface area contributed by atoms with Crippen LogP contribution in [0.15, 0.2) is 48.5 Å². The lowest BCUT2D eigenvalue weighted by molar-refractivity contribution is 0.0600. The van der Waals surface area contributed by atoms with Gasteiger partial charge in [0.15, 0.2) is 0 Å². The highest BCUT2D eigenvalue weighted by Crippen LogP contribution is 2.16. The van der Waals surface area contributed by atoms with Crippen LogP contribution in [-0.2, 0) is 11.3 Å². The van der Waals surface area contributed by atoms with Crippen LogP contribution in [0.2, 0.25) is 0 Å². The average molecular weight is 257 g/mol. The summed E-state index contributed by atoms with van der Waals surface area (Å²) < 4.78 is 4.64. The molecule has 4 nitrogen and oxygen atoms in total. The van der Waals surface area contributed by atoms with Crippen molar-refractivity contribution in [3.8, 4) is 5.75 Å². The molecule has 98 valence electrons. The Balaban J connectivity index is 1.98. The van der Waals surface area contributed by atoms with Crippen molar-refractivity contribution >= 4 is 11.7 Å². The van der Waals surface area contributed by atoms with Crippen LogP contribution in [0.3, 0.4) is 0 Å². The maximum absolute atomic E-state index is 11.3. The van der Waals surface area contributed by atoms with Crippen molar-refractivity contribution in [2.75, 3.05) is 12.4 Å². The molecule has 0 aromatic heterocycles. The number of aromatic hydroxyl groups is 1. The van der Waals surface area contributed by atoms with Crippen molar-refractivity contribution < 1.29 is 14.6 Å². The fraction of sp³-hybridized carbons (Fsp3) is 0.133. The van der Waals surface area contributed by atoms with Gasteiger partial charge in [-0.2, -0.15) is 0 Å². The first-order valence-electron chi connectivity index (χ1n) is 5.89. The molecule has 0 atom stereocenters. The van der Waals surface area contributed by atoms with Crippen LogP contribution in [0.1, 0.15) is 15.9 Å². The number of nitrogens with one attached hydrogen (secondary N) is 1. The molecule has 0 bridgehead atoms. The number of carbonyl (C=O) groups excluding carboxylic acids is 1. The molecule has 0 heterocycles. The number of methoxy groups -OCH3 is 1. The van der Waals surface area contributed by atoms with E-state index in [0.29, 0.717) is 12.1 Å². The second-order valence-corrected chi connectivity index (χ2v) is 4.09. The summed E-state index contributed by atoms with van der Waals surface area (Å²) in [6.07, 6.45) is 0. The molecule has 2 rings (SSSR count). The summed E-state index contributed by atoms with van der Waals surface area (Å²) in [5.41, 5.74) is 2.41. The SMILES string of the molecule is COC(=O)c1ccc(CNc2cccc(O)c2)cc1. The van der Waals surface area contributed by atoms with Gasteiger partial charge in [0.1, 0.15) is 5.75 Å². The minimum absolute atomic E-state index is 0.228. The highest BCUT2D eigenvalue weighted by Gasteiger charge is 2.04. The number of rotatable bonds is 4. The summed E-state index contributed by atoms with van der Waals surface area (Å²) in [5.74, 6) is -0.112. The summed E-state index contributed by atoms with van der Waals surface area (Å²) in [7, 11) is 1.36. The van der Waals surface area contributed by atoms with Gasteiger partial charge >= 0.3 is 5.97 Å². The maximum atomic E-state index is 11.3. The van der Waals surface area contributed by atoms with Gasteiger partial charge in [-0.1, -0.05) is 18.2 Å². The van der Waals surface area contributed by atoms with Gasteiger partial charge in [0.2, 0.25) is 0 Å². The molecule has 0 radical (unpaired) electrons. The topological polar surface area (TPSA) is 58.6 Å². The predicted octanol–water partition coefficient (Wildman–Crippen LogP) is 2.79. The van der Waals surface area contributed by atoms with Gasteiger partial charge < -0.3 is 15.2 Å². The summed E-state index contributed by atoms with van der Waals surface area (Å²) >= 11 is 0. The third-order valence-electron chi connectivity index (χ3n) is 2.72. The highest BCUT2D eigenvalue weighted by molar-refractivity contribution is 5.89. The lowest BCUT2D eigenvalue weighted by Gasteiger charge is -2.07. The van der Waals surface area contributed by atoms with Crippen LogP contribution in [0, 0.1) is 0 Å². The normalized spacial score (nSPS) is 9.95. The molecular formula is C15H15NO3. The number of hydrogen-bond acceptors (Lipinski definition) is 4. The molecule has 0 fully saturated rings. The number of anilines is 1. The number of carbonyl (C=O) groups is 1. The molecule has 2 N–H and O–H groups in total. The third kappa shape index (κ3) is 3.48. The molecule has 0 saturated carbocycles. The van der Waals surface area contributed by atoms with Crippen molar-refractivity contribution in [2.45, 2.75) is 6.54 Å². The van der Waals surface area contributed by atoms with E-state index in [-0.39, 0.29) is 11.7 Å². The number of phenolic OH excluding ortho intramolecular Hbond substituents is 1. The zero-order valence-electron chi connectivity index (χ0n) is 10.6. The first kappa shape index (κ1) is 13.0. The van der Waals surface area contributed by atoms with E-state index in [2.05, 4.69) is 10.1 Å². The van der Waals surface area contributed by atoms with E-state index < -0.39 is 0 Å². The van der Waals surface area contributed by atoms with Crippen LogP contribution >= 0.6 is 0 Å². The van der Waals surface area contributed by atoms with Crippen LogP contribution in [0.4, 0.5) is 5.69 Å². The zero-order chi connectivity index (χ0) is 13.7. The summed E-state index contributed by atoms with van der Waals surface area (Å²) in [4.78, 5) is 11.3. The highest BCUT2D eigenvalue weighted by atomic mass is 16.5. The largest absolute Gasteiger partial charge is 0.508 e. The van der Waals surface area contributed by atoms with E-state index >= 15 is 0 Å². The number of benzene rings is 2. The number of ether oxygens (including phenoxy) is 1. The molecular weight excluding hydrogens is 242 g/mol. The Kier molecular flexibility index (Phi) is 4.03. The first-order chi connectivity index (χ1) is 9.19. The Morgan fingerprint density at radius 1 is 1.21 bits per heavy atom. The number of esters is 1. The Morgan fingerprint density at radius 3 is 2.58 bits per heavy atom. The second-order valence-electron chi connectivity index (χ2n) is 4.09. The molecule has 0 aliphatic heterocycles.